The maximum absolute atomic E-state index is 12.2. The van der Waals surface area contributed by atoms with Gasteiger partial charge in [-0.05, 0) is 49.9 Å². The highest BCUT2D eigenvalue weighted by Crippen LogP contribution is 2.17. The molecule has 0 amide bonds. The first kappa shape index (κ1) is 16.4. The highest BCUT2D eigenvalue weighted by molar-refractivity contribution is 7.85. The molecule has 0 aliphatic heterocycles. The first-order chi connectivity index (χ1) is 9.04. The molecule has 0 radical (unpaired) electrons. The smallest absolute Gasteiger partial charge is 0.0530 e. The van der Waals surface area contributed by atoms with E-state index in [-0.39, 0.29) is 0 Å². The predicted octanol–water partition coefficient (Wildman–Crippen LogP) is 3.70. The molecule has 2 unspecified atom stereocenters. The van der Waals surface area contributed by atoms with Crippen LogP contribution in [0, 0.1) is 0 Å². The molecule has 0 fully saturated rings. The van der Waals surface area contributed by atoms with Crippen LogP contribution in [0.4, 0.5) is 0 Å². The quantitative estimate of drug-likeness (QED) is 0.787. The topological polar surface area (TPSA) is 29.1 Å². The standard InChI is InChI=1S/C16H27NOS/c1-5-11-17-14(4)10-12-19(18)16-8-6-15(7-9-16)13(2)3/h6-9,13-14,17H,5,10-12H2,1-4H3. The molecule has 0 spiro atoms. The molecule has 0 aromatic heterocycles. The van der Waals surface area contributed by atoms with E-state index in [2.05, 4.69) is 45.1 Å². The summed E-state index contributed by atoms with van der Waals surface area (Å²) in [4.78, 5) is 0.951. The lowest BCUT2D eigenvalue weighted by Gasteiger charge is -2.13. The van der Waals surface area contributed by atoms with Crippen molar-refractivity contribution in [3.63, 3.8) is 0 Å². The molecule has 0 aliphatic rings. The highest BCUT2D eigenvalue weighted by atomic mass is 32.2. The molecule has 0 bridgehead atoms. The van der Waals surface area contributed by atoms with Crippen molar-refractivity contribution in [2.45, 2.75) is 57.4 Å². The Hall–Kier alpha value is -0.670. The summed E-state index contributed by atoms with van der Waals surface area (Å²) in [5.74, 6) is 1.26. The first-order valence-electron chi connectivity index (χ1n) is 7.26. The molecule has 2 atom stereocenters. The van der Waals surface area contributed by atoms with Crippen molar-refractivity contribution in [2.75, 3.05) is 12.3 Å². The van der Waals surface area contributed by atoms with Crippen molar-refractivity contribution in [1.82, 2.24) is 5.32 Å². The Morgan fingerprint density at radius 3 is 2.32 bits per heavy atom. The molecule has 108 valence electrons. The lowest BCUT2D eigenvalue weighted by Crippen LogP contribution is -2.28. The van der Waals surface area contributed by atoms with E-state index >= 15 is 0 Å². The van der Waals surface area contributed by atoms with Crippen LogP contribution in [0.2, 0.25) is 0 Å². The molecule has 2 nitrogen and oxygen atoms in total. The van der Waals surface area contributed by atoms with E-state index in [0.717, 1.165) is 30.0 Å². The molecule has 0 saturated carbocycles. The van der Waals surface area contributed by atoms with Crippen molar-refractivity contribution in [2.24, 2.45) is 0 Å². The van der Waals surface area contributed by atoms with Crippen molar-refractivity contribution in [3.05, 3.63) is 29.8 Å². The molecule has 1 rings (SSSR count). The summed E-state index contributed by atoms with van der Waals surface area (Å²) in [6.07, 6.45) is 2.10. The average Bonchev–Trinajstić information content (AvgIpc) is 2.42. The molecule has 0 aliphatic carbocycles. The fraction of sp³-hybridized carbons (Fsp3) is 0.625. The van der Waals surface area contributed by atoms with Crippen molar-refractivity contribution in [1.29, 1.82) is 0 Å². The molecule has 3 heteroatoms. The lowest BCUT2D eigenvalue weighted by atomic mass is 10.0. The minimum absolute atomic E-state index is 0.443. The Kier molecular flexibility index (Phi) is 7.32. The second-order valence-electron chi connectivity index (χ2n) is 5.42. The molecule has 1 aromatic rings. The van der Waals surface area contributed by atoms with Gasteiger partial charge in [-0.15, -0.1) is 0 Å². The van der Waals surface area contributed by atoms with Crippen LogP contribution in [0.1, 0.15) is 52.0 Å². The van der Waals surface area contributed by atoms with Crippen LogP contribution in [-0.4, -0.2) is 22.5 Å². The number of hydrogen-bond donors (Lipinski definition) is 1. The first-order valence-corrected chi connectivity index (χ1v) is 8.58. The van der Waals surface area contributed by atoms with E-state index in [1.165, 1.54) is 5.56 Å². The summed E-state index contributed by atoms with van der Waals surface area (Å²) in [7, 11) is -0.871. The fourth-order valence-electron chi connectivity index (χ4n) is 1.90. The fourth-order valence-corrected chi connectivity index (χ4v) is 3.14. The van der Waals surface area contributed by atoms with Gasteiger partial charge < -0.3 is 5.32 Å². The second kappa shape index (κ2) is 8.49. The Morgan fingerprint density at radius 2 is 1.79 bits per heavy atom. The van der Waals surface area contributed by atoms with E-state index in [9.17, 15) is 4.21 Å². The Bertz CT molecular complexity index is 386. The summed E-state index contributed by atoms with van der Waals surface area (Å²) >= 11 is 0. The van der Waals surface area contributed by atoms with Crippen molar-refractivity contribution in [3.8, 4) is 0 Å². The minimum atomic E-state index is -0.871. The number of rotatable bonds is 8. The van der Waals surface area contributed by atoms with Gasteiger partial charge in [0.2, 0.25) is 0 Å². The molecule has 0 heterocycles. The van der Waals surface area contributed by atoms with Crippen molar-refractivity contribution < 1.29 is 4.21 Å². The van der Waals surface area contributed by atoms with Crippen LogP contribution in [0.3, 0.4) is 0 Å². The third-order valence-corrected chi connectivity index (χ3v) is 4.69. The van der Waals surface area contributed by atoms with Crippen LogP contribution in [-0.2, 0) is 10.8 Å². The van der Waals surface area contributed by atoms with Gasteiger partial charge in [0.25, 0.3) is 0 Å². The van der Waals surface area contributed by atoms with Crippen LogP contribution in [0.25, 0.3) is 0 Å². The third kappa shape index (κ3) is 5.87. The highest BCUT2D eigenvalue weighted by Gasteiger charge is 2.08. The zero-order valence-corrected chi connectivity index (χ0v) is 13.4. The van der Waals surface area contributed by atoms with Crippen LogP contribution >= 0.6 is 0 Å². The number of hydrogen-bond acceptors (Lipinski definition) is 2. The van der Waals surface area contributed by atoms with Gasteiger partial charge in [0, 0.05) is 16.7 Å². The van der Waals surface area contributed by atoms with Gasteiger partial charge in [-0.2, -0.15) is 0 Å². The largest absolute Gasteiger partial charge is 0.314 e. The summed E-state index contributed by atoms with van der Waals surface area (Å²) in [6.45, 7) is 9.71. The molecule has 1 aromatic carbocycles. The summed E-state index contributed by atoms with van der Waals surface area (Å²) in [5.41, 5.74) is 1.30. The monoisotopic (exact) mass is 281 g/mol. The van der Waals surface area contributed by atoms with Gasteiger partial charge >= 0.3 is 0 Å². The van der Waals surface area contributed by atoms with E-state index in [1.807, 2.05) is 12.1 Å². The normalized spacial score (nSPS) is 14.6. The Morgan fingerprint density at radius 1 is 1.16 bits per heavy atom. The Labute approximate surface area is 120 Å². The lowest BCUT2D eigenvalue weighted by molar-refractivity contribution is 0.533. The third-order valence-electron chi connectivity index (χ3n) is 3.29. The molecule has 19 heavy (non-hydrogen) atoms. The zero-order valence-electron chi connectivity index (χ0n) is 12.6. The van der Waals surface area contributed by atoms with Gasteiger partial charge in [0.05, 0.1) is 10.8 Å². The van der Waals surface area contributed by atoms with Gasteiger partial charge in [0.1, 0.15) is 0 Å². The van der Waals surface area contributed by atoms with Crippen LogP contribution in [0.15, 0.2) is 29.2 Å². The zero-order chi connectivity index (χ0) is 14.3. The van der Waals surface area contributed by atoms with Crippen LogP contribution < -0.4 is 5.32 Å². The van der Waals surface area contributed by atoms with Gasteiger partial charge in [-0.25, -0.2) is 0 Å². The molecule has 1 N–H and O–H groups in total. The van der Waals surface area contributed by atoms with Gasteiger partial charge in [-0.1, -0.05) is 32.9 Å². The average molecular weight is 281 g/mol. The SMILES string of the molecule is CCCNC(C)CCS(=O)c1ccc(C(C)C)cc1. The molecule has 0 saturated heterocycles. The van der Waals surface area contributed by atoms with E-state index in [0.29, 0.717) is 12.0 Å². The number of benzene rings is 1. The van der Waals surface area contributed by atoms with Crippen molar-refractivity contribution >= 4 is 10.8 Å². The van der Waals surface area contributed by atoms with Gasteiger partial charge in [0.15, 0.2) is 0 Å². The van der Waals surface area contributed by atoms with Gasteiger partial charge in [-0.3, -0.25) is 4.21 Å². The van der Waals surface area contributed by atoms with E-state index < -0.39 is 10.8 Å². The maximum Gasteiger partial charge on any atom is 0.0530 e. The predicted molar refractivity (Wildman–Crippen MR) is 84.2 cm³/mol. The maximum atomic E-state index is 12.2. The molecular formula is C16H27NOS. The van der Waals surface area contributed by atoms with Crippen LogP contribution in [0.5, 0.6) is 0 Å². The summed E-state index contributed by atoms with van der Waals surface area (Å²) < 4.78 is 12.2. The van der Waals surface area contributed by atoms with E-state index in [4.69, 9.17) is 0 Å². The Balaban J connectivity index is 2.45. The van der Waals surface area contributed by atoms with E-state index in [1.54, 1.807) is 0 Å². The summed E-state index contributed by atoms with van der Waals surface area (Å²) in [5, 5.41) is 3.43. The number of nitrogens with one attached hydrogen (secondary N) is 1. The second-order valence-corrected chi connectivity index (χ2v) is 6.99. The molecular weight excluding hydrogens is 254 g/mol. The minimum Gasteiger partial charge on any atom is -0.314 e. The summed E-state index contributed by atoms with van der Waals surface area (Å²) in [6, 6.07) is 8.65.